The van der Waals surface area contributed by atoms with Crippen molar-refractivity contribution in [1.82, 2.24) is 9.80 Å². The molecule has 0 aromatic heterocycles. The van der Waals surface area contributed by atoms with E-state index in [1.807, 2.05) is 14.1 Å². The van der Waals surface area contributed by atoms with Crippen LogP contribution in [0.5, 0.6) is 0 Å². The van der Waals surface area contributed by atoms with Gasteiger partial charge in [0.05, 0.1) is 18.8 Å². The second-order valence-electron chi connectivity index (χ2n) is 5.55. The van der Waals surface area contributed by atoms with E-state index < -0.39 is 6.10 Å². The minimum atomic E-state index is -0.797. The van der Waals surface area contributed by atoms with E-state index in [1.165, 1.54) is 6.07 Å². The molecule has 1 aromatic rings. The summed E-state index contributed by atoms with van der Waals surface area (Å²) >= 11 is 0. The fourth-order valence-electron chi connectivity index (χ4n) is 2.55. The Kier molecular flexibility index (Phi) is 5.48. The summed E-state index contributed by atoms with van der Waals surface area (Å²) < 4.78 is 19.3. The molecule has 0 spiro atoms. The zero-order valence-corrected chi connectivity index (χ0v) is 12.1. The van der Waals surface area contributed by atoms with Crippen molar-refractivity contribution in [1.29, 1.82) is 0 Å². The van der Waals surface area contributed by atoms with Crippen LogP contribution in [0.2, 0.25) is 0 Å². The van der Waals surface area contributed by atoms with Crippen molar-refractivity contribution in [3.8, 4) is 0 Å². The summed E-state index contributed by atoms with van der Waals surface area (Å²) in [5, 5.41) is 10.2. The maximum Gasteiger partial charge on any atom is 0.129 e. The highest BCUT2D eigenvalue weighted by atomic mass is 19.1. The molecule has 0 unspecified atom stereocenters. The molecule has 0 saturated carbocycles. The lowest BCUT2D eigenvalue weighted by Gasteiger charge is -2.35. The first-order chi connectivity index (χ1) is 9.56. The van der Waals surface area contributed by atoms with Gasteiger partial charge in [0, 0.05) is 31.7 Å². The summed E-state index contributed by atoms with van der Waals surface area (Å²) in [5.74, 6) is -0.349. The Morgan fingerprint density at radius 2 is 2.20 bits per heavy atom. The standard InChI is InChI=1S/C15H23FN2O2/c1-17(2)9-12-10-18(7-8-20-12)11-15(19)13-5-3-4-6-14(13)16/h3-6,12,15,19H,7-11H2,1-2H3/t12-,15-/m1/s1. The summed E-state index contributed by atoms with van der Waals surface area (Å²) in [5.41, 5.74) is 0.364. The molecule has 0 aliphatic carbocycles. The molecule has 1 fully saturated rings. The molecule has 1 aromatic carbocycles. The quantitative estimate of drug-likeness (QED) is 0.878. The van der Waals surface area contributed by atoms with Crippen molar-refractivity contribution in [2.45, 2.75) is 12.2 Å². The van der Waals surface area contributed by atoms with Crippen molar-refractivity contribution in [2.24, 2.45) is 0 Å². The average molecular weight is 282 g/mol. The van der Waals surface area contributed by atoms with Gasteiger partial charge in [-0.25, -0.2) is 4.39 Å². The van der Waals surface area contributed by atoms with Gasteiger partial charge in [-0.1, -0.05) is 18.2 Å². The molecule has 2 atom stereocenters. The van der Waals surface area contributed by atoms with Crippen molar-refractivity contribution >= 4 is 0 Å². The maximum atomic E-state index is 13.6. The van der Waals surface area contributed by atoms with Crippen LogP contribution in [0, 0.1) is 5.82 Å². The molecule has 0 radical (unpaired) electrons. The van der Waals surface area contributed by atoms with Gasteiger partial charge in [-0.3, -0.25) is 4.90 Å². The van der Waals surface area contributed by atoms with Gasteiger partial charge in [-0.05, 0) is 20.2 Å². The highest BCUT2D eigenvalue weighted by Gasteiger charge is 2.24. The Morgan fingerprint density at radius 3 is 2.90 bits per heavy atom. The number of morpholine rings is 1. The molecule has 1 saturated heterocycles. The number of hydrogen-bond acceptors (Lipinski definition) is 4. The van der Waals surface area contributed by atoms with Crippen LogP contribution in [0.15, 0.2) is 24.3 Å². The number of aliphatic hydroxyl groups is 1. The van der Waals surface area contributed by atoms with Crippen LogP contribution in [-0.2, 0) is 4.74 Å². The topological polar surface area (TPSA) is 35.9 Å². The summed E-state index contributed by atoms with van der Waals surface area (Å²) in [6.07, 6.45) is -0.652. The van der Waals surface area contributed by atoms with E-state index in [2.05, 4.69) is 9.80 Å². The Morgan fingerprint density at radius 1 is 1.45 bits per heavy atom. The van der Waals surface area contributed by atoms with Gasteiger partial charge < -0.3 is 14.7 Å². The van der Waals surface area contributed by atoms with Crippen LogP contribution in [0.1, 0.15) is 11.7 Å². The van der Waals surface area contributed by atoms with Crippen LogP contribution in [-0.4, -0.2) is 67.9 Å². The number of β-amino-alcohol motifs (C(OH)–C–C–N with tert-alkyl or cyclic N) is 1. The smallest absolute Gasteiger partial charge is 0.129 e. The number of aliphatic hydroxyl groups excluding tert-OH is 1. The largest absolute Gasteiger partial charge is 0.387 e. The lowest BCUT2D eigenvalue weighted by Crippen LogP contribution is -2.47. The van der Waals surface area contributed by atoms with Crippen LogP contribution >= 0.6 is 0 Å². The zero-order chi connectivity index (χ0) is 14.5. The zero-order valence-electron chi connectivity index (χ0n) is 12.1. The second kappa shape index (κ2) is 7.13. The van der Waals surface area contributed by atoms with E-state index in [9.17, 15) is 9.50 Å². The van der Waals surface area contributed by atoms with E-state index in [4.69, 9.17) is 4.74 Å². The number of nitrogens with zero attached hydrogens (tertiary/aromatic N) is 2. The molecule has 1 aliphatic rings. The highest BCUT2D eigenvalue weighted by molar-refractivity contribution is 5.20. The molecule has 20 heavy (non-hydrogen) atoms. The van der Waals surface area contributed by atoms with Crippen molar-refractivity contribution in [2.75, 3.05) is 46.9 Å². The molecule has 1 aliphatic heterocycles. The number of likely N-dealkylation sites (N-methyl/N-ethyl adjacent to an activating group) is 1. The molecule has 0 bridgehead atoms. The predicted octanol–water partition coefficient (Wildman–Crippen LogP) is 1.12. The van der Waals surface area contributed by atoms with Gasteiger partial charge >= 0.3 is 0 Å². The summed E-state index contributed by atoms with van der Waals surface area (Å²) in [7, 11) is 4.02. The average Bonchev–Trinajstić information content (AvgIpc) is 2.38. The summed E-state index contributed by atoms with van der Waals surface area (Å²) in [6.45, 7) is 3.49. The first-order valence-corrected chi connectivity index (χ1v) is 6.97. The fourth-order valence-corrected chi connectivity index (χ4v) is 2.55. The van der Waals surface area contributed by atoms with Crippen LogP contribution in [0.25, 0.3) is 0 Å². The number of ether oxygens (including phenoxy) is 1. The molecule has 4 nitrogen and oxygen atoms in total. The molecule has 5 heteroatoms. The number of rotatable bonds is 5. The Labute approximate surface area is 119 Å². The van der Waals surface area contributed by atoms with Crippen LogP contribution < -0.4 is 0 Å². The summed E-state index contributed by atoms with van der Waals surface area (Å²) in [4.78, 5) is 4.22. The normalized spacial score (nSPS) is 22.1. The minimum absolute atomic E-state index is 0.145. The minimum Gasteiger partial charge on any atom is -0.387 e. The van der Waals surface area contributed by atoms with Crippen LogP contribution in [0.4, 0.5) is 4.39 Å². The lowest BCUT2D eigenvalue weighted by molar-refractivity contribution is -0.0491. The number of halogens is 1. The van der Waals surface area contributed by atoms with Gasteiger partial charge in [0.1, 0.15) is 5.82 Å². The predicted molar refractivity (Wildman–Crippen MR) is 76.1 cm³/mol. The summed E-state index contributed by atoms with van der Waals surface area (Å²) in [6, 6.07) is 6.40. The van der Waals surface area contributed by atoms with Gasteiger partial charge in [0.25, 0.3) is 0 Å². The monoisotopic (exact) mass is 282 g/mol. The second-order valence-corrected chi connectivity index (χ2v) is 5.55. The first kappa shape index (κ1) is 15.4. The van der Waals surface area contributed by atoms with Crippen molar-refractivity contribution in [3.05, 3.63) is 35.6 Å². The molecule has 112 valence electrons. The van der Waals surface area contributed by atoms with Crippen molar-refractivity contribution < 1.29 is 14.2 Å². The Bertz CT molecular complexity index is 428. The number of benzene rings is 1. The van der Waals surface area contributed by atoms with Crippen molar-refractivity contribution in [3.63, 3.8) is 0 Å². The van der Waals surface area contributed by atoms with Gasteiger partial charge in [0.2, 0.25) is 0 Å². The Balaban J connectivity index is 1.91. The lowest BCUT2D eigenvalue weighted by atomic mass is 10.1. The van der Waals surface area contributed by atoms with Crippen LogP contribution in [0.3, 0.4) is 0 Å². The van der Waals surface area contributed by atoms with E-state index in [-0.39, 0.29) is 11.9 Å². The Hall–Kier alpha value is -1.01. The van der Waals surface area contributed by atoms with Gasteiger partial charge in [-0.15, -0.1) is 0 Å². The molecule has 1 N–H and O–H groups in total. The molecule has 2 rings (SSSR count). The van der Waals surface area contributed by atoms with Gasteiger partial charge in [0.15, 0.2) is 0 Å². The van der Waals surface area contributed by atoms with E-state index in [0.29, 0.717) is 18.7 Å². The molecule has 1 heterocycles. The van der Waals surface area contributed by atoms with E-state index in [1.54, 1.807) is 18.2 Å². The maximum absolute atomic E-state index is 13.6. The third kappa shape index (κ3) is 4.24. The molecule has 0 amide bonds. The van der Waals surface area contributed by atoms with E-state index >= 15 is 0 Å². The van der Waals surface area contributed by atoms with Gasteiger partial charge in [-0.2, -0.15) is 0 Å². The first-order valence-electron chi connectivity index (χ1n) is 6.97. The fraction of sp³-hybridized carbons (Fsp3) is 0.600. The molecular weight excluding hydrogens is 259 g/mol. The number of hydrogen-bond donors (Lipinski definition) is 1. The van der Waals surface area contributed by atoms with E-state index in [0.717, 1.165) is 19.6 Å². The molecular formula is C15H23FN2O2. The third-order valence-electron chi connectivity index (χ3n) is 3.49. The highest BCUT2D eigenvalue weighted by Crippen LogP contribution is 2.19. The SMILES string of the molecule is CN(C)C[C@@H]1CN(C[C@@H](O)c2ccccc2F)CCO1. The third-order valence-corrected chi connectivity index (χ3v) is 3.49.